The molecule has 98 valence electrons. The van der Waals surface area contributed by atoms with Gasteiger partial charge < -0.3 is 10.4 Å². The third-order valence-electron chi connectivity index (χ3n) is 2.58. The first-order valence-corrected chi connectivity index (χ1v) is 6.46. The summed E-state index contributed by atoms with van der Waals surface area (Å²) in [4.78, 5) is 16.9. The first-order chi connectivity index (χ1) is 8.54. The van der Waals surface area contributed by atoms with Crippen molar-refractivity contribution in [1.29, 1.82) is 0 Å². The van der Waals surface area contributed by atoms with Crippen molar-refractivity contribution >= 4 is 27.5 Å². The van der Waals surface area contributed by atoms with Crippen molar-refractivity contribution < 1.29 is 14.7 Å². The van der Waals surface area contributed by atoms with Crippen LogP contribution in [0.2, 0.25) is 0 Å². The number of aryl methyl sites for hydroxylation is 1. The normalized spacial score (nSPS) is 20.1. The minimum Gasteiger partial charge on any atom is -0.389 e. The fourth-order valence-electron chi connectivity index (χ4n) is 1.71. The van der Waals surface area contributed by atoms with Crippen molar-refractivity contribution in [3.05, 3.63) is 28.2 Å². The molecule has 1 heterocycles. The van der Waals surface area contributed by atoms with Gasteiger partial charge in [-0.2, -0.15) is 5.06 Å². The molecule has 1 aliphatic rings. The first-order valence-electron chi connectivity index (χ1n) is 5.66. The summed E-state index contributed by atoms with van der Waals surface area (Å²) in [7, 11) is 0. The van der Waals surface area contributed by atoms with E-state index in [1.165, 1.54) is 5.06 Å². The number of nitrogens with one attached hydrogen (secondary N) is 1. The summed E-state index contributed by atoms with van der Waals surface area (Å²) in [6.45, 7) is 2.71. The van der Waals surface area contributed by atoms with Crippen LogP contribution in [0.5, 0.6) is 0 Å². The van der Waals surface area contributed by atoms with Crippen molar-refractivity contribution in [2.75, 3.05) is 25.0 Å². The number of rotatable bonds is 3. The molecular formula is C12H15BrN2O3. The van der Waals surface area contributed by atoms with E-state index in [0.29, 0.717) is 6.54 Å². The third kappa shape index (κ3) is 3.52. The van der Waals surface area contributed by atoms with Gasteiger partial charge in [-0.1, -0.05) is 6.07 Å². The molecule has 1 amide bonds. The quantitative estimate of drug-likeness (QED) is 0.883. The lowest BCUT2D eigenvalue weighted by atomic mass is 10.2. The molecule has 0 radical (unpaired) electrons. The molecular weight excluding hydrogens is 300 g/mol. The van der Waals surface area contributed by atoms with Gasteiger partial charge in [-0.25, -0.2) is 0 Å². The van der Waals surface area contributed by atoms with Gasteiger partial charge in [0.2, 0.25) is 5.91 Å². The molecule has 0 aromatic heterocycles. The summed E-state index contributed by atoms with van der Waals surface area (Å²) in [5.41, 5.74) is 1.84. The molecule has 0 aliphatic carbocycles. The predicted octanol–water partition coefficient (Wildman–Crippen LogP) is 1.30. The van der Waals surface area contributed by atoms with Crippen LogP contribution in [0.4, 0.5) is 5.69 Å². The number of hydrogen-bond acceptors (Lipinski definition) is 4. The van der Waals surface area contributed by atoms with Crippen molar-refractivity contribution in [2.24, 2.45) is 0 Å². The van der Waals surface area contributed by atoms with Gasteiger partial charge in [-0.3, -0.25) is 9.63 Å². The average Bonchev–Trinajstić information content (AvgIpc) is 2.68. The summed E-state index contributed by atoms with van der Waals surface area (Å²) in [6, 6.07) is 5.71. The molecule has 1 unspecified atom stereocenters. The van der Waals surface area contributed by atoms with E-state index in [1.54, 1.807) is 0 Å². The van der Waals surface area contributed by atoms with Crippen molar-refractivity contribution in [3.8, 4) is 0 Å². The summed E-state index contributed by atoms with van der Waals surface area (Å²) in [5, 5.41) is 13.5. The molecule has 1 fully saturated rings. The van der Waals surface area contributed by atoms with E-state index in [2.05, 4.69) is 21.2 Å². The van der Waals surface area contributed by atoms with Crippen LogP contribution in [0, 0.1) is 6.92 Å². The Labute approximate surface area is 114 Å². The van der Waals surface area contributed by atoms with Crippen LogP contribution in [0.15, 0.2) is 22.7 Å². The number of amides is 1. The number of β-amino-alcohol motifs (C(OH)–C–C–N with tert-alkyl or cyclic N) is 1. The maximum Gasteiger partial charge on any atom is 0.241 e. The minimum absolute atomic E-state index is 0.109. The van der Waals surface area contributed by atoms with E-state index < -0.39 is 6.10 Å². The Morgan fingerprint density at radius 2 is 2.44 bits per heavy atom. The highest BCUT2D eigenvalue weighted by Gasteiger charge is 2.23. The standard InChI is InChI=1S/C12H15BrN2O3/c1-8-2-3-11(10(13)4-8)14-12(17)6-15-5-9(16)7-18-15/h2-4,9,16H,5-7H2,1H3,(H,14,17). The highest BCUT2D eigenvalue weighted by Crippen LogP contribution is 2.23. The van der Waals surface area contributed by atoms with Crippen LogP contribution in [-0.2, 0) is 9.63 Å². The Balaban J connectivity index is 1.91. The molecule has 1 aromatic rings. The smallest absolute Gasteiger partial charge is 0.241 e. The molecule has 1 aliphatic heterocycles. The van der Waals surface area contributed by atoms with Crippen LogP contribution < -0.4 is 5.32 Å². The highest BCUT2D eigenvalue weighted by atomic mass is 79.9. The van der Waals surface area contributed by atoms with Crippen LogP contribution in [-0.4, -0.2) is 41.9 Å². The second kappa shape index (κ2) is 5.79. The second-order valence-corrected chi connectivity index (χ2v) is 5.16. The topological polar surface area (TPSA) is 61.8 Å². The van der Waals surface area contributed by atoms with Crippen molar-refractivity contribution in [2.45, 2.75) is 13.0 Å². The molecule has 18 heavy (non-hydrogen) atoms. The monoisotopic (exact) mass is 314 g/mol. The molecule has 2 N–H and O–H groups in total. The number of halogens is 1. The average molecular weight is 315 g/mol. The fourth-order valence-corrected chi connectivity index (χ4v) is 2.31. The van der Waals surface area contributed by atoms with Gasteiger partial charge in [-0.05, 0) is 40.5 Å². The van der Waals surface area contributed by atoms with E-state index in [-0.39, 0.29) is 19.1 Å². The Morgan fingerprint density at radius 1 is 1.67 bits per heavy atom. The van der Waals surface area contributed by atoms with Crippen LogP contribution in [0.3, 0.4) is 0 Å². The molecule has 1 aromatic carbocycles. The van der Waals surface area contributed by atoms with Gasteiger partial charge in [0.25, 0.3) is 0 Å². The number of anilines is 1. The number of carbonyl (C=O) groups is 1. The Bertz CT molecular complexity index is 453. The number of carbonyl (C=O) groups excluding carboxylic acids is 1. The highest BCUT2D eigenvalue weighted by molar-refractivity contribution is 9.10. The number of nitrogens with zero attached hydrogens (tertiary/aromatic N) is 1. The van der Waals surface area contributed by atoms with Gasteiger partial charge in [0.1, 0.15) is 6.54 Å². The van der Waals surface area contributed by atoms with E-state index in [1.807, 2.05) is 25.1 Å². The SMILES string of the molecule is Cc1ccc(NC(=O)CN2CC(O)CO2)c(Br)c1. The second-order valence-electron chi connectivity index (χ2n) is 4.30. The number of benzene rings is 1. The summed E-state index contributed by atoms with van der Waals surface area (Å²) < 4.78 is 0.846. The van der Waals surface area contributed by atoms with E-state index >= 15 is 0 Å². The Kier molecular flexibility index (Phi) is 4.34. The molecule has 1 atom stereocenters. The molecule has 5 nitrogen and oxygen atoms in total. The van der Waals surface area contributed by atoms with Crippen LogP contribution >= 0.6 is 15.9 Å². The van der Waals surface area contributed by atoms with E-state index in [4.69, 9.17) is 4.84 Å². The zero-order valence-electron chi connectivity index (χ0n) is 10.0. The van der Waals surface area contributed by atoms with Gasteiger partial charge in [0, 0.05) is 4.47 Å². The van der Waals surface area contributed by atoms with Crippen molar-refractivity contribution in [3.63, 3.8) is 0 Å². The molecule has 1 saturated heterocycles. The van der Waals surface area contributed by atoms with Gasteiger partial charge in [0.05, 0.1) is 24.9 Å². The van der Waals surface area contributed by atoms with Gasteiger partial charge in [-0.15, -0.1) is 0 Å². The maximum atomic E-state index is 11.8. The molecule has 2 rings (SSSR count). The van der Waals surface area contributed by atoms with Crippen LogP contribution in [0.25, 0.3) is 0 Å². The van der Waals surface area contributed by atoms with Crippen LogP contribution in [0.1, 0.15) is 5.56 Å². The summed E-state index contributed by atoms with van der Waals surface area (Å²) in [6.07, 6.45) is -0.510. The zero-order valence-corrected chi connectivity index (χ0v) is 11.6. The van der Waals surface area contributed by atoms with Gasteiger partial charge >= 0.3 is 0 Å². The lowest BCUT2D eigenvalue weighted by Crippen LogP contribution is -2.31. The predicted molar refractivity (Wildman–Crippen MR) is 71.0 cm³/mol. The summed E-state index contributed by atoms with van der Waals surface area (Å²) in [5.74, 6) is -0.173. The number of hydroxylamine groups is 2. The molecule has 0 bridgehead atoms. The summed E-state index contributed by atoms with van der Waals surface area (Å²) >= 11 is 3.40. The third-order valence-corrected chi connectivity index (χ3v) is 3.24. The Hall–Kier alpha value is -0.950. The van der Waals surface area contributed by atoms with E-state index in [9.17, 15) is 9.90 Å². The van der Waals surface area contributed by atoms with Crippen molar-refractivity contribution in [1.82, 2.24) is 5.06 Å². The van der Waals surface area contributed by atoms with E-state index in [0.717, 1.165) is 15.7 Å². The minimum atomic E-state index is -0.510. The van der Waals surface area contributed by atoms with Gasteiger partial charge in [0.15, 0.2) is 0 Å². The lowest BCUT2D eigenvalue weighted by molar-refractivity contribution is -0.138. The molecule has 0 saturated carbocycles. The number of hydrogen-bond donors (Lipinski definition) is 2. The number of aliphatic hydroxyl groups excluding tert-OH is 1. The Morgan fingerprint density at radius 3 is 3.06 bits per heavy atom. The molecule has 6 heteroatoms. The first kappa shape index (κ1) is 13.5. The largest absolute Gasteiger partial charge is 0.389 e. The number of aliphatic hydroxyl groups is 1. The zero-order chi connectivity index (χ0) is 13.1. The fraction of sp³-hybridized carbons (Fsp3) is 0.417. The molecule has 0 spiro atoms. The maximum absolute atomic E-state index is 11.8. The lowest BCUT2D eigenvalue weighted by Gasteiger charge is -2.14.